The lowest BCUT2D eigenvalue weighted by Gasteiger charge is -2.12. The van der Waals surface area contributed by atoms with Crippen LogP contribution in [-0.4, -0.2) is 18.2 Å². The van der Waals surface area contributed by atoms with Gasteiger partial charge in [-0.05, 0) is 60.6 Å². The summed E-state index contributed by atoms with van der Waals surface area (Å²) in [5, 5.41) is 2.94. The van der Waals surface area contributed by atoms with E-state index in [1.807, 2.05) is 6.92 Å². The second-order valence-corrected chi connectivity index (χ2v) is 5.82. The maximum absolute atomic E-state index is 13.0. The summed E-state index contributed by atoms with van der Waals surface area (Å²) in [6.45, 7) is 2.49. The summed E-state index contributed by atoms with van der Waals surface area (Å²) in [5.74, 6) is 0.679. The molecule has 0 unspecified atom stereocenters. The largest absolute Gasteiger partial charge is 0.356 e. The number of hydrogen-bond donors (Lipinski definition) is 2. The Kier molecular flexibility index (Phi) is 4.50. The Bertz CT molecular complexity index is 471. The number of amides is 1. The summed E-state index contributed by atoms with van der Waals surface area (Å²) in [5.41, 5.74) is 2.18. The normalized spacial score (nSPS) is 16.2. The van der Waals surface area contributed by atoms with Gasteiger partial charge in [-0.25, -0.2) is 4.39 Å². The maximum atomic E-state index is 13.0. The van der Waals surface area contributed by atoms with Crippen LogP contribution >= 0.6 is 12.6 Å². The van der Waals surface area contributed by atoms with E-state index in [-0.39, 0.29) is 17.1 Å². The fraction of sp³-hybridized carbons (Fsp3) is 0.533. The van der Waals surface area contributed by atoms with Crippen LogP contribution in [-0.2, 0) is 11.2 Å². The molecule has 0 atom stereocenters. The molecule has 2 nitrogen and oxygen atoms in total. The van der Waals surface area contributed by atoms with Crippen molar-refractivity contribution in [1.82, 2.24) is 5.32 Å². The number of carbonyl (C=O) groups is 1. The molecule has 0 aliphatic heterocycles. The number of aryl methyl sites for hydroxylation is 1. The molecule has 1 fully saturated rings. The molecular formula is C15H20FNOS. The Balaban J connectivity index is 1.75. The lowest BCUT2D eigenvalue weighted by molar-refractivity contribution is -0.122. The van der Waals surface area contributed by atoms with Gasteiger partial charge in [0, 0.05) is 13.0 Å². The fourth-order valence-electron chi connectivity index (χ4n) is 2.25. The molecule has 0 saturated heterocycles. The minimum Gasteiger partial charge on any atom is -0.356 e. The van der Waals surface area contributed by atoms with Crippen LogP contribution in [0.4, 0.5) is 4.39 Å². The van der Waals surface area contributed by atoms with Crippen LogP contribution in [0.5, 0.6) is 0 Å². The van der Waals surface area contributed by atoms with Crippen molar-refractivity contribution in [3.8, 4) is 0 Å². The van der Waals surface area contributed by atoms with E-state index >= 15 is 0 Å². The van der Waals surface area contributed by atoms with Crippen LogP contribution in [0.1, 0.15) is 30.4 Å². The summed E-state index contributed by atoms with van der Waals surface area (Å²) in [6, 6.07) is 4.77. The fourth-order valence-corrected chi connectivity index (χ4v) is 2.68. The number of halogens is 1. The smallest absolute Gasteiger partial charge is 0.220 e. The van der Waals surface area contributed by atoms with E-state index in [1.165, 1.54) is 12.1 Å². The maximum Gasteiger partial charge on any atom is 0.220 e. The highest BCUT2D eigenvalue weighted by molar-refractivity contribution is 7.80. The molecule has 0 aromatic heterocycles. The molecule has 1 aromatic carbocycles. The standard InChI is InChI=1S/C15H20FNOS/c1-11-8-13(16)3-2-12(11)4-7-17-14(18)9-15(10-19)5-6-15/h2-3,8,19H,4-7,9-10H2,1H3,(H,17,18). The topological polar surface area (TPSA) is 29.1 Å². The van der Waals surface area contributed by atoms with Gasteiger partial charge >= 0.3 is 0 Å². The summed E-state index contributed by atoms with van der Waals surface area (Å²) >= 11 is 4.29. The van der Waals surface area contributed by atoms with E-state index in [1.54, 1.807) is 6.07 Å². The number of nitrogens with one attached hydrogen (secondary N) is 1. The quantitative estimate of drug-likeness (QED) is 0.771. The Labute approximate surface area is 119 Å². The third-order valence-corrected chi connectivity index (χ3v) is 4.52. The predicted octanol–water partition coefficient (Wildman–Crippen LogP) is 2.89. The van der Waals surface area contributed by atoms with Crippen molar-refractivity contribution in [3.05, 3.63) is 35.1 Å². The minimum absolute atomic E-state index is 0.103. The number of benzene rings is 1. The van der Waals surface area contributed by atoms with Crippen molar-refractivity contribution in [2.24, 2.45) is 5.41 Å². The molecule has 2 rings (SSSR count). The van der Waals surface area contributed by atoms with E-state index in [9.17, 15) is 9.18 Å². The molecule has 0 heterocycles. The number of carbonyl (C=O) groups excluding carboxylic acids is 1. The molecule has 104 valence electrons. The summed E-state index contributed by atoms with van der Waals surface area (Å²) in [4.78, 5) is 11.8. The average molecular weight is 281 g/mol. The van der Waals surface area contributed by atoms with Crippen molar-refractivity contribution in [1.29, 1.82) is 0 Å². The van der Waals surface area contributed by atoms with Gasteiger partial charge in [-0.1, -0.05) is 6.07 Å². The third kappa shape index (κ3) is 3.96. The van der Waals surface area contributed by atoms with Crippen LogP contribution in [0, 0.1) is 18.2 Å². The van der Waals surface area contributed by atoms with Gasteiger partial charge in [0.15, 0.2) is 0 Å². The van der Waals surface area contributed by atoms with E-state index in [4.69, 9.17) is 0 Å². The van der Waals surface area contributed by atoms with E-state index in [0.717, 1.165) is 36.1 Å². The van der Waals surface area contributed by atoms with Crippen LogP contribution in [0.3, 0.4) is 0 Å². The van der Waals surface area contributed by atoms with E-state index in [0.29, 0.717) is 13.0 Å². The predicted molar refractivity (Wildman–Crippen MR) is 78.0 cm³/mol. The molecule has 1 amide bonds. The van der Waals surface area contributed by atoms with Gasteiger partial charge in [0.05, 0.1) is 0 Å². The molecule has 1 aliphatic carbocycles. The van der Waals surface area contributed by atoms with Crippen LogP contribution in [0.2, 0.25) is 0 Å². The Morgan fingerprint density at radius 1 is 1.47 bits per heavy atom. The highest BCUT2D eigenvalue weighted by Gasteiger charge is 2.42. The minimum atomic E-state index is -0.213. The molecule has 1 aliphatic rings. The van der Waals surface area contributed by atoms with Crippen molar-refractivity contribution in [2.75, 3.05) is 12.3 Å². The Morgan fingerprint density at radius 3 is 2.79 bits per heavy atom. The van der Waals surface area contributed by atoms with Gasteiger partial charge in [-0.2, -0.15) is 12.6 Å². The van der Waals surface area contributed by atoms with Crippen molar-refractivity contribution >= 4 is 18.5 Å². The first-order chi connectivity index (χ1) is 9.04. The number of rotatable bonds is 6. The van der Waals surface area contributed by atoms with Crippen LogP contribution in [0.15, 0.2) is 18.2 Å². The molecule has 0 spiro atoms. The lowest BCUT2D eigenvalue weighted by Crippen LogP contribution is -2.28. The highest BCUT2D eigenvalue weighted by Crippen LogP contribution is 2.49. The van der Waals surface area contributed by atoms with Crippen molar-refractivity contribution in [3.63, 3.8) is 0 Å². The van der Waals surface area contributed by atoms with Crippen LogP contribution < -0.4 is 5.32 Å². The van der Waals surface area contributed by atoms with E-state index in [2.05, 4.69) is 17.9 Å². The van der Waals surface area contributed by atoms with E-state index < -0.39 is 0 Å². The van der Waals surface area contributed by atoms with Gasteiger partial charge in [0.1, 0.15) is 5.82 Å². The molecule has 1 aromatic rings. The second-order valence-electron chi connectivity index (χ2n) is 5.51. The van der Waals surface area contributed by atoms with Crippen LogP contribution in [0.25, 0.3) is 0 Å². The lowest BCUT2D eigenvalue weighted by atomic mass is 10.0. The molecule has 1 N–H and O–H groups in total. The van der Waals surface area contributed by atoms with Crippen molar-refractivity contribution < 1.29 is 9.18 Å². The molecule has 0 radical (unpaired) electrons. The first-order valence-electron chi connectivity index (χ1n) is 6.67. The molecular weight excluding hydrogens is 261 g/mol. The zero-order valence-electron chi connectivity index (χ0n) is 11.2. The zero-order valence-corrected chi connectivity index (χ0v) is 12.1. The molecule has 19 heavy (non-hydrogen) atoms. The van der Waals surface area contributed by atoms with Gasteiger partial charge in [-0.3, -0.25) is 4.79 Å². The summed E-state index contributed by atoms with van der Waals surface area (Å²) < 4.78 is 13.0. The third-order valence-electron chi connectivity index (χ3n) is 3.85. The summed E-state index contributed by atoms with van der Waals surface area (Å²) in [6.07, 6.45) is 3.55. The molecule has 0 bridgehead atoms. The Hall–Kier alpha value is -1.03. The monoisotopic (exact) mass is 281 g/mol. The SMILES string of the molecule is Cc1cc(F)ccc1CCNC(=O)CC1(CS)CC1. The number of thiol groups is 1. The summed E-state index contributed by atoms with van der Waals surface area (Å²) in [7, 11) is 0. The molecule has 1 saturated carbocycles. The Morgan fingerprint density at radius 2 is 2.21 bits per heavy atom. The van der Waals surface area contributed by atoms with Gasteiger partial charge in [0.2, 0.25) is 5.91 Å². The first kappa shape index (κ1) is 14.4. The zero-order chi connectivity index (χ0) is 13.9. The van der Waals surface area contributed by atoms with Gasteiger partial charge in [0.25, 0.3) is 0 Å². The number of hydrogen-bond acceptors (Lipinski definition) is 2. The highest BCUT2D eigenvalue weighted by atomic mass is 32.1. The first-order valence-corrected chi connectivity index (χ1v) is 7.30. The molecule has 4 heteroatoms. The second kappa shape index (κ2) is 5.95. The van der Waals surface area contributed by atoms with Gasteiger partial charge < -0.3 is 5.32 Å². The average Bonchev–Trinajstić information content (AvgIpc) is 3.12. The van der Waals surface area contributed by atoms with Crippen molar-refractivity contribution in [2.45, 2.75) is 32.6 Å². The van der Waals surface area contributed by atoms with Gasteiger partial charge in [-0.15, -0.1) is 0 Å².